The number of benzene rings is 8. The third-order valence-corrected chi connectivity index (χ3v) is 29.2. The number of anilines is 7. The number of likely N-dealkylation sites (tertiary alicyclic amines) is 2. The van der Waals surface area contributed by atoms with Crippen molar-refractivity contribution in [3.05, 3.63) is 268 Å². The summed E-state index contributed by atoms with van der Waals surface area (Å²) in [6.45, 7) is 55.6. The standard InChI is InChI=1S/C15H22N2.C15H21N.2C13H20N2.2C13H19N.C12H18N2.C12H17N.C10H16N4/c1-13-5-7-14(8-6-13)17-11-10-16-9-3-2-4-15(16)12-17;1-12-2-4-13(5-3-12)14-8-10-16(11-9-14)15-6-7-15;1-10-4-6-13(7-5-10)15-8-11(2)14-12(3)9-15;1-11-4-6-13(7-5-11)15-9-8-14(3)12(2)10-15;1-11-3-5-12(6-4-11)13-7-9-14(2)10-8-13;1-12-6-8-13(9-7-12)14-10-4-2-3-5-11-14;1-11-3-5-12(6-4-11)14-9-7-13(2)8-10-14;1-11-5-7-12(8-6-11)13-9-3-2-4-10-13;1-9-7-11-10(12-8-9)14-5-3-13(2)4-6-14/h5-8,15H,2-4,9-12H2,1H3;2-5,14-15H,6-11H2,1H3;4-7,11-12,14H,8-9H2,1-3H3;4-7,12H,8-10H2,1-3H3;3-6,13H,7-10H2,1-2H3;6-9H,2-5,10-11H2,1H3;3-6H,7-10H2,1-2H3;5-8H,2-4,9-10H2,1H3;7-8H,3-6H2,1-2H3/t;;11-,12+;;;;;;. The van der Waals surface area contributed by atoms with Gasteiger partial charge in [0.15, 0.2) is 0 Å². The predicted molar refractivity (Wildman–Crippen MR) is 568 cm³/mol. The van der Waals surface area contributed by atoms with Gasteiger partial charge in [-0.2, -0.15) is 0 Å². The largest absolute Gasteiger partial charge is 0.372 e. The van der Waals surface area contributed by atoms with Crippen LogP contribution in [-0.4, -0.2) is 261 Å². The summed E-state index contributed by atoms with van der Waals surface area (Å²) in [5.41, 5.74) is 23.3. The first kappa shape index (κ1) is 102. The highest BCUT2D eigenvalue weighted by Crippen LogP contribution is 2.36. The van der Waals surface area contributed by atoms with Gasteiger partial charge in [-0.1, -0.05) is 185 Å². The van der Waals surface area contributed by atoms with Crippen LogP contribution in [0, 0.1) is 62.3 Å². The van der Waals surface area contributed by atoms with Crippen molar-refractivity contribution in [3.8, 4) is 0 Å². The number of aromatic nitrogens is 2. The first-order valence-corrected chi connectivity index (χ1v) is 51.5. The molecule has 0 radical (unpaired) electrons. The molecule has 716 valence electrons. The highest BCUT2D eigenvalue weighted by atomic mass is 15.3. The molecular formula is C116H172N16. The van der Waals surface area contributed by atoms with Crippen molar-refractivity contribution in [2.45, 2.75) is 228 Å². The summed E-state index contributed by atoms with van der Waals surface area (Å²) in [6, 6.07) is 75.1. The summed E-state index contributed by atoms with van der Waals surface area (Å²) in [5, 5.41) is 3.55. The van der Waals surface area contributed by atoms with Crippen LogP contribution in [0.2, 0.25) is 0 Å². The molecular weight excluding hydrogens is 1620 g/mol. The number of hydrogen-bond donors (Lipinski definition) is 1. The lowest BCUT2D eigenvalue weighted by molar-refractivity contribution is 0.133. The van der Waals surface area contributed by atoms with Gasteiger partial charge in [-0.15, -0.1) is 0 Å². The van der Waals surface area contributed by atoms with Gasteiger partial charge in [0.05, 0.1) is 0 Å². The molecule has 16 heteroatoms. The summed E-state index contributed by atoms with van der Waals surface area (Å²) in [6.07, 6.45) is 25.9. The Hall–Kier alpha value is -8.84. The molecule has 1 aromatic heterocycles. The maximum absolute atomic E-state index is 4.32. The number of likely N-dealkylation sites (N-methyl/N-ethyl adjacent to an activating group) is 3. The smallest absolute Gasteiger partial charge is 0.225 e. The van der Waals surface area contributed by atoms with Crippen LogP contribution >= 0.6 is 0 Å². The van der Waals surface area contributed by atoms with Gasteiger partial charge in [-0.3, -0.25) is 4.90 Å². The molecule has 0 bridgehead atoms. The van der Waals surface area contributed by atoms with Crippen LogP contribution in [0.5, 0.6) is 0 Å². The van der Waals surface area contributed by atoms with E-state index >= 15 is 0 Å². The lowest BCUT2D eigenvalue weighted by Crippen LogP contribution is -2.54. The van der Waals surface area contributed by atoms with Crippen molar-refractivity contribution >= 4 is 40.1 Å². The van der Waals surface area contributed by atoms with Crippen LogP contribution in [0.3, 0.4) is 0 Å². The Labute approximate surface area is 801 Å². The maximum atomic E-state index is 4.32. The number of hydrogen-bond acceptors (Lipinski definition) is 16. The Bertz CT molecular complexity index is 4450. The van der Waals surface area contributed by atoms with Crippen LogP contribution in [0.25, 0.3) is 0 Å². The Balaban J connectivity index is 0.000000134. The SMILES string of the molecule is Cc1ccc(C2CCN(C)CC2)cc1.Cc1ccc(C2CCN(C3CC3)CC2)cc1.Cc1ccc(N2CCCCC2)cc1.Cc1ccc(N2CCCCCC2)cc1.Cc1ccc(N2CCN(C)C(C)C2)cc1.Cc1ccc(N2CCN(C)CC2)cc1.Cc1ccc(N2CCN3CCCCC3C2)cc1.Cc1ccc(N2C[C@@H](C)N[C@@H](C)C2)cc1.Cc1cnc(N2CCN(C)CC2)nc1. The zero-order chi connectivity index (χ0) is 93.1. The molecule has 132 heavy (non-hydrogen) atoms. The second-order valence-corrected chi connectivity index (χ2v) is 40.8. The average Bonchev–Trinajstić information content (AvgIpc) is 1.81. The zero-order valence-corrected chi connectivity index (χ0v) is 84.9. The molecule has 20 rings (SSSR count). The summed E-state index contributed by atoms with van der Waals surface area (Å²) >= 11 is 0. The lowest BCUT2D eigenvalue weighted by Gasteiger charge is -2.45. The van der Waals surface area contributed by atoms with Gasteiger partial charge in [-0.25, -0.2) is 9.97 Å². The number of fused-ring (bicyclic) bond motifs is 1. The zero-order valence-electron chi connectivity index (χ0n) is 84.9. The van der Waals surface area contributed by atoms with Crippen LogP contribution < -0.4 is 39.6 Å². The normalized spacial score (nSPS) is 21.5. The molecule has 16 nitrogen and oxygen atoms in total. The fraction of sp³-hybridized carbons (Fsp3) is 0.552. The van der Waals surface area contributed by atoms with E-state index in [1.54, 1.807) is 5.56 Å². The number of piperidine rings is 4. The van der Waals surface area contributed by atoms with Gasteiger partial charge in [0.1, 0.15) is 0 Å². The number of nitrogens with zero attached hydrogens (tertiary/aromatic N) is 15. The van der Waals surface area contributed by atoms with Gasteiger partial charge >= 0.3 is 0 Å². The first-order chi connectivity index (χ1) is 63.9. The van der Waals surface area contributed by atoms with E-state index in [2.05, 4.69) is 377 Å². The van der Waals surface area contributed by atoms with E-state index in [9.17, 15) is 0 Å². The van der Waals surface area contributed by atoms with Gasteiger partial charge in [0.2, 0.25) is 5.95 Å². The van der Waals surface area contributed by atoms with Crippen LogP contribution in [-0.2, 0) is 0 Å². The van der Waals surface area contributed by atoms with Gasteiger partial charge in [0, 0.05) is 208 Å². The van der Waals surface area contributed by atoms with Crippen molar-refractivity contribution in [2.75, 3.05) is 226 Å². The number of rotatable bonds is 10. The monoisotopic (exact) mass is 1790 g/mol. The third-order valence-electron chi connectivity index (χ3n) is 29.2. The number of piperazine rings is 5. The van der Waals surface area contributed by atoms with E-state index in [4.69, 9.17) is 0 Å². The molecule has 10 aliphatic heterocycles. The second kappa shape index (κ2) is 53.5. The highest BCUT2D eigenvalue weighted by molar-refractivity contribution is 5.53. The molecule has 1 N–H and O–H groups in total. The van der Waals surface area contributed by atoms with Crippen molar-refractivity contribution in [2.24, 2.45) is 0 Å². The number of nitrogens with one attached hydrogen (secondary N) is 1. The molecule has 2 unspecified atom stereocenters. The van der Waals surface area contributed by atoms with E-state index in [0.717, 1.165) is 107 Å². The topological polar surface area (TPSA) is 79.9 Å². The molecule has 10 saturated heterocycles. The summed E-state index contributed by atoms with van der Waals surface area (Å²) < 4.78 is 0. The van der Waals surface area contributed by atoms with Crippen LogP contribution in [0.4, 0.5) is 40.1 Å². The fourth-order valence-electron chi connectivity index (χ4n) is 19.9. The molecule has 0 spiro atoms. The minimum Gasteiger partial charge on any atom is -0.372 e. The Morgan fingerprint density at radius 1 is 0.235 bits per heavy atom. The minimum absolute atomic E-state index is 0.579. The van der Waals surface area contributed by atoms with E-state index in [1.807, 2.05) is 19.3 Å². The van der Waals surface area contributed by atoms with Crippen molar-refractivity contribution in [1.29, 1.82) is 0 Å². The summed E-state index contributed by atoms with van der Waals surface area (Å²) in [7, 11) is 8.75. The molecule has 1 saturated carbocycles. The Morgan fingerprint density at radius 3 is 0.924 bits per heavy atom. The average molecular weight is 1790 g/mol. The maximum Gasteiger partial charge on any atom is 0.225 e. The quantitative estimate of drug-likeness (QED) is 0.141. The Kier molecular flexibility index (Phi) is 41.4. The molecule has 11 fully saturated rings. The molecule has 4 atom stereocenters. The predicted octanol–water partition coefficient (Wildman–Crippen LogP) is 21.8. The van der Waals surface area contributed by atoms with Crippen molar-refractivity contribution < 1.29 is 0 Å². The Morgan fingerprint density at radius 2 is 0.538 bits per heavy atom. The molecule has 1 aliphatic carbocycles. The van der Waals surface area contributed by atoms with Gasteiger partial charge in [-0.05, 0) is 329 Å². The molecule has 9 aromatic rings. The lowest BCUT2D eigenvalue weighted by atomic mass is 9.89. The van der Waals surface area contributed by atoms with Gasteiger partial charge < -0.3 is 64.1 Å². The van der Waals surface area contributed by atoms with E-state index in [1.165, 1.54) is 279 Å². The number of aryl methyl sites for hydroxylation is 9. The van der Waals surface area contributed by atoms with E-state index in [-0.39, 0.29) is 0 Å². The first-order valence-electron chi connectivity index (χ1n) is 51.5. The molecule has 8 aromatic carbocycles. The van der Waals surface area contributed by atoms with Crippen LogP contribution in [0.15, 0.2) is 207 Å². The highest BCUT2D eigenvalue weighted by Gasteiger charge is 2.33. The van der Waals surface area contributed by atoms with Crippen LogP contribution in [0.1, 0.15) is 197 Å². The minimum atomic E-state index is 0.579. The van der Waals surface area contributed by atoms with Gasteiger partial charge in [0.25, 0.3) is 0 Å². The molecule has 11 heterocycles. The van der Waals surface area contributed by atoms with E-state index in [0.29, 0.717) is 18.1 Å². The van der Waals surface area contributed by atoms with Crippen molar-refractivity contribution in [1.82, 2.24) is 44.7 Å². The fourth-order valence-corrected chi connectivity index (χ4v) is 19.9. The second-order valence-electron chi connectivity index (χ2n) is 40.8. The third kappa shape index (κ3) is 34.2. The molecule has 0 amide bonds. The van der Waals surface area contributed by atoms with E-state index < -0.39 is 0 Å². The molecule has 11 aliphatic rings. The summed E-state index contributed by atoms with van der Waals surface area (Å²) in [4.78, 5) is 40.8. The summed E-state index contributed by atoms with van der Waals surface area (Å²) in [5.74, 6) is 2.48. The van der Waals surface area contributed by atoms with Crippen molar-refractivity contribution in [3.63, 3.8) is 0 Å².